The highest BCUT2D eigenvalue weighted by atomic mass is 16.6. The Kier molecular flexibility index (Phi) is 7.57. The van der Waals surface area contributed by atoms with Crippen LogP contribution in [-0.4, -0.2) is 87.4 Å². The lowest BCUT2D eigenvalue weighted by atomic mass is 10.1. The van der Waals surface area contributed by atoms with Gasteiger partial charge in [0.2, 0.25) is 5.91 Å². The number of nitrogens with zero attached hydrogens (tertiary/aromatic N) is 3. The van der Waals surface area contributed by atoms with E-state index in [2.05, 4.69) is 27.2 Å². The molecule has 1 aromatic carbocycles. The maximum Gasteiger partial charge on any atom is 0.409 e. The van der Waals surface area contributed by atoms with Crippen molar-refractivity contribution in [1.82, 2.24) is 15.1 Å². The molecule has 3 rings (SSSR count). The summed E-state index contributed by atoms with van der Waals surface area (Å²) < 4.78 is 10.2. The summed E-state index contributed by atoms with van der Waals surface area (Å²) in [7, 11) is 1.67. The quantitative estimate of drug-likeness (QED) is 0.776. The van der Waals surface area contributed by atoms with Gasteiger partial charge in [-0.1, -0.05) is 0 Å². The molecule has 2 amide bonds. The van der Waals surface area contributed by atoms with E-state index in [1.165, 1.54) is 5.69 Å². The number of piperazine rings is 1. The van der Waals surface area contributed by atoms with Gasteiger partial charge in [0, 0.05) is 51.0 Å². The number of likely N-dealkylation sites (tertiary alicyclic amines) is 1. The highest BCUT2D eigenvalue weighted by molar-refractivity contribution is 5.78. The summed E-state index contributed by atoms with van der Waals surface area (Å²) in [5.74, 6) is 0.926. The summed E-state index contributed by atoms with van der Waals surface area (Å²) >= 11 is 0. The summed E-state index contributed by atoms with van der Waals surface area (Å²) in [6, 6.07) is 8.23. The minimum Gasteiger partial charge on any atom is -0.497 e. The number of carbonyl (C=O) groups excluding carboxylic acids is 2. The molecule has 1 N–H and O–H groups in total. The summed E-state index contributed by atoms with van der Waals surface area (Å²) in [6.07, 6.45) is 1.29. The van der Waals surface area contributed by atoms with Gasteiger partial charge in [0.15, 0.2) is 0 Å². The molecule has 0 aromatic heterocycles. The van der Waals surface area contributed by atoms with E-state index in [0.29, 0.717) is 26.2 Å². The molecular weight excluding hydrogens is 372 g/mol. The minimum absolute atomic E-state index is 0.0671. The van der Waals surface area contributed by atoms with Crippen LogP contribution in [0.15, 0.2) is 24.3 Å². The van der Waals surface area contributed by atoms with Crippen molar-refractivity contribution in [2.75, 3.05) is 64.4 Å². The molecule has 8 nitrogen and oxygen atoms in total. The lowest BCUT2D eigenvalue weighted by molar-refractivity contribution is -0.123. The third-order valence-electron chi connectivity index (χ3n) is 5.56. The highest BCUT2D eigenvalue weighted by Crippen LogP contribution is 2.20. The number of methoxy groups -OCH3 is 1. The van der Waals surface area contributed by atoms with Crippen LogP contribution in [0, 0.1) is 0 Å². The summed E-state index contributed by atoms with van der Waals surface area (Å²) in [5, 5.41) is 3.13. The molecule has 0 radical (unpaired) electrons. The Morgan fingerprint density at radius 2 is 1.69 bits per heavy atom. The molecule has 0 saturated carbocycles. The third kappa shape index (κ3) is 6.00. The summed E-state index contributed by atoms with van der Waals surface area (Å²) in [5.41, 5.74) is 1.18. The maximum absolute atomic E-state index is 12.4. The van der Waals surface area contributed by atoms with E-state index in [-0.39, 0.29) is 18.0 Å². The maximum atomic E-state index is 12.4. The normalized spacial score (nSPS) is 18.4. The second-order valence-electron chi connectivity index (χ2n) is 7.49. The van der Waals surface area contributed by atoms with Crippen molar-refractivity contribution in [1.29, 1.82) is 0 Å². The van der Waals surface area contributed by atoms with Gasteiger partial charge < -0.3 is 24.6 Å². The van der Waals surface area contributed by atoms with Crippen LogP contribution in [0.3, 0.4) is 0 Å². The highest BCUT2D eigenvalue weighted by Gasteiger charge is 2.25. The number of hydrogen-bond acceptors (Lipinski definition) is 6. The minimum atomic E-state index is -0.257. The van der Waals surface area contributed by atoms with E-state index in [9.17, 15) is 9.59 Å². The van der Waals surface area contributed by atoms with Gasteiger partial charge in [-0.05, 0) is 44.0 Å². The molecule has 2 aliphatic rings. The molecule has 1 aromatic rings. The van der Waals surface area contributed by atoms with Gasteiger partial charge in [-0.2, -0.15) is 0 Å². The number of ether oxygens (including phenoxy) is 2. The van der Waals surface area contributed by atoms with E-state index in [1.54, 1.807) is 12.0 Å². The lowest BCUT2D eigenvalue weighted by Crippen LogP contribution is -2.52. The van der Waals surface area contributed by atoms with Crippen molar-refractivity contribution >= 4 is 17.7 Å². The van der Waals surface area contributed by atoms with E-state index in [1.807, 2.05) is 19.1 Å². The number of anilines is 1. The number of hydrogen-bond donors (Lipinski definition) is 1. The predicted octanol–water partition coefficient (Wildman–Crippen LogP) is 1.55. The molecule has 0 unspecified atom stereocenters. The number of amides is 2. The van der Waals surface area contributed by atoms with Gasteiger partial charge in [0.05, 0.1) is 20.3 Å². The van der Waals surface area contributed by atoms with Gasteiger partial charge >= 0.3 is 6.09 Å². The molecule has 0 aliphatic carbocycles. The van der Waals surface area contributed by atoms with Gasteiger partial charge in [0.1, 0.15) is 5.75 Å². The van der Waals surface area contributed by atoms with Crippen molar-refractivity contribution in [3.63, 3.8) is 0 Å². The van der Waals surface area contributed by atoms with Crippen LogP contribution in [0.4, 0.5) is 10.5 Å². The Labute approximate surface area is 172 Å². The first-order valence-electron chi connectivity index (χ1n) is 10.4. The number of benzene rings is 1. The SMILES string of the molecule is CCOC(=O)N1CCC(NC(=O)CN2CCN(c3ccc(OC)cc3)CC2)CC1. The molecule has 0 bridgehead atoms. The van der Waals surface area contributed by atoms with Crippen LogP contribution in [0.5, 0.6) is 5.75 Å². The fourth-order valence-corrected chi connectivity index (χ4v) is 3.85. The fraction of sp³-hybridized carbons (Fsp3) is 0.619. The Morgan fingerprint density at radius 1 is 1.03 bits per heavy atom. The van der Waals surface area contributed by atoms with Gasteiger partial charge in [0.25, 0.3) is 0 Å². The van der Waals surface area contributed by atoms with Crippen molar-refractivity contribution in [2.45, 2.75) is 25.8 Å². The Hall–Kier alpha value is -2.48. The Balaban J connectivity index is 1.36. The number of carbonyl (C=O) groups is 2. The molecule has 160 valence electrons. The van der Waals surface area contributed by atoms with E-state index < -0.39 is 0 Å². The third-order valence-corrected chi connectivity index (χ3v) is 5.56. The van der Waals surface area contributed by atoms with Crippen LogP contribution in [0.1, 0.15) is 19.8 Å². The predicted molar refractivity (Wildman–Crippen MR) is 111 cm³/mol. The number of piperidine rings is 1. The van der Waals surface area contributed by atoms with Crippen LogP contribution in [0.2, 0.25) is 0 Å². The molecule has 2 aliphatic heterocycles. The number of rotatable bonds is 6. The standard InChI is InChI=1S/C21H32N4O4/c1-3-29-21(27)25-10-8-17(9-11-25)22-20(26)16-23-12-14-24(15-13-23)18-4-6-19(28-2)7-5-18/h4-7,17H,3,8-16H2,1-2H3,(H,22,26). The zero-order valence-corrected chi connectivity index (χ0v) is 17.4. The molecular formula is C21H32N4O4. The number of nitrogens with one attached hydrogen (secondary N) is 1. The molecule has 2 saturated heterocycles. The topological polar surface area (TPSA) is 74.4 Å². The first kappa shape index (κ1) is 21.2. The van der Waals surface area contributed by atoms with Crippen LogP contribution < -0.4 is 15.0 Å². The monoisotopic (exact) mass is 404 g/mol. The van der Waals surface area contributed by atoms with E-state index >= 15 is 0 Å². The zero-order valence-electron chi connectivity index (χ0n) is 17.4. The lowest BCUT2D eigenvalue weighted by Gasteiger charge is -2.36. The van der Waals surface area contributed by atoms with Crippen molar-refractivity contribution in [3.8, 4) is 5.75 Å². The largest absolute Gasteiger partial charge is 0.497 e. The second-order valence-corrected chi connectivity index (χ2v) is 7.49. The average molecular weight is 405 g/mol. The van der Waals surface area contributed by atoms with Gasteiger partial charge in [-0.3, -0.25) is 9.69 Å². The first-order valence-corrected chi connectivity index (χ1v) is 10.4. The van der Waals surface area contributed by atoms with E-state index in [0.717, 1.165) is 44.8 Å². The van der Waals surface area contributed by atoms with Gasteiger partial charge in [-0.25, -0.2) is 4.79 Å². The Morgan fingerprint density at radius 3 is 2.28 bits per heavy atom. The smallest absolute Gasteiger partial charge is 0.409 e. The van der Waals surface area contributed by atoms with Gasteiger partial charge in [-0.15, -0.1) is 0 Å². The average Bonchev–Trinajstić information content (AvgIpc) is 2.75. The molecule has 2 fully saturated rings. The van der Waals surface area contributed by atoms with Crippen LogP contribution in [-0.2, 0) is 9.53 Å². The molecule has 0 atom stereocenters. The van der Waals surface area contributed by atoms with Crippen molar-refractivity contribution < 1.29 is 19.1 Å². The van der Waals surface area contributed by atoms with Crippen LogP contribution in [0.25, 0.3) is 0 Å². The summed E-state index contributed by atoms with van der Waals surface area (Å²) in [4.78, 5) is 30.4. The van der Waals surface area contributed by atoms with Crippen LogP contribution >= 0.6 is 0 Å². The van der Waals surface area contributed by atoms with Crippen molar-refractivity contribution in [2.24, 2.45) is 0 Å². The zero-order chi connectivity index (χ0) is 20.6. The second kappa shape index (κ2) is 10.3. The summed E-state index contributed by atoms with van der Waals surface area (Å²) in [6.45, 7) is 7.41. The first-order chi connectivity index (χ1) is 14.1. The molecule has 2 heterocycles. The van der Waals surface area contributed by atoms with Crippen molar-refractivity contribution in [3.05, 3.63) is 24.3 Å². The van der Waals surface area contributed by atoms with E-state index in [4.69, 9.17) is 9.47 Å². The molecule has 8 heteroatoms. The Bertz CT molecular complexity index is 666. The fourth-order valence-electron chi connectivity index (χ4n) is 3.85. The molecule has 0 spiro atoms. The molecule has 29 heavy (non-hydrogen) atoms.